The number of Topliss-reactive ketones (excluding diaryl/α,β-unsaturated/α-hetero) is 1. The van der Waals surface area contributed by atoms with E-state index in [0.29, 0.717) is 22.3 Å². The summed E-state index contributed by atoms with van der Waals surface area (Å²) in [5.74, 6) is -1.31. The summed E-state index contributed by atoms with van der Waals surface area (Å²) in [7, 11) is 0. The van der Waals surface area contributed by atoms with E-state index in [-0.39, 0.29) is 29.3 Å². The molecule has 0 bridgehead atoms. The molecule has 26 heavy (non-hydrogen) atoms. The van der Waals surface area contributed by atoms with E-state index in [1.165, 1.54) is 6.07 Å². The molecule has 3 N–H and O–H groups in total. The lowest BCUT2D eigenvalue weighted by molar-refractivity contribution is -0.137. The number of hydrogen-bond donors (Lipinski definition) is 3. The number of carbonyl (C=O) groups is 2. The number of aromatic amines is 1. The minimum atomic E-state index is -0.715. The zero-order chi connectivity index (χ0) is 18.0. The smallest absolute Gasteiger partial charge is 0.339 e. The average molecular weight is 347 g/mol. The molecular formula is C20H13NO5. The first-order valence-electron chi connectivity index (χ1n) is 8.16. The molecule has 6 heteroatoms. The lowest BCUT2D eigenvalue weighted by Crippen LogP contribution is -2.23. The van der Waals surface area contributed by atoms with Gasteiger partial charge >= 0.3 is 5.97 Å². The summed E-state index contributed by atoms with van der Waals surface area (Å²) in [6, 6.07) is 10.1. The molecule has 2 aliphatic rings. The standard InChI is InChI=1S/C20H13NO5/c22-9-5-11-17(14(23)6-9)15(24)7-16-18(11)19(20(25)26-16)12-8-21-13-4-2-1-3-10(12)13/h1-6,8,16,21-23H,7H2/t16-/m0/s1. The van der Waals surface area contributed by atoms with Crippen LogP contribution in [0.5, 0.6) is 11.5 Å². The van der Waals surface area contributed by atoms with Gasteiger partial charge in [-0.15, -0.1) is 0 Å². The summed E-state index contributed by atoms with van der Waals surface area (Å²) in [5.41, 5.74) is 2.88. The lowest BCUT2D eigenvalue weighted by atomic mass is 9.81. The van der Waals surface area contributed by atoms with Gasteiger partial charge in [0.15, 0.2) is 5.78 Å². The number of esters is 1. The molecule has 0 saturated heterocycles. The molecule has 2 heterocycles. The largest absolute Gasteiger partial charge is 0.508 e. The number of hydrogen-bond acceptors (Lipinski definition) is 5. The number of fused-ring (bicyclic) bond motifs is 4. The molecule has 0 radical (unpaired) electrons. The average Bonchev–Trinajstić information content (AvgIpc) is 3.14. The van der Waals surface area contributed by atoms with Gasteiger partial charge in [-0.1, -0.05) is 18.2 Å². The summed E-state index contributed by atoms with van der Waals surface area (Å²) in [6.45, 7) is 0. The van der Waals surface area contributed by atoms with Gasteiger partial charge in [0.2, 0.25) is 0 Å². The van der Waals surface area contributed by atoms with Crippen LogP contribution in [-0.2, 0) is 9.53 Å². The summed E-state index contributed by atoms with van der Waals surface area (Å²) in [4.78, 5) is 28.2. The second-order valence-electron chi connectivity index (χ2n) is 6.45. The lowest BCUT2D eigenvalue weighted by Gasteiger charge is -2.23. The zero-order valence-corrected chi connectivity index (χ0v) is 13.4. The molecule has 0 spiro atoms. The van der Waals surface area contributed by atoms with Crippen LogP contribution in [0.3, 0.4) is 0 Å². The van der Waals surface area contributed by atoms with Crippen LogP contribution in [0.15, 0.2) is 42.6 Å². The molecule has 5 rings (SSSR count). The Balaban J connectivity index is 1.86. The van der Waals surface area contributed by atoms with Crippen LogP contribution in [0.1, 0.15) is 27.9 Å². The number of aromatic nitrogens is 1. The third-order valence-electron chi connectivity index (χ3n) is 4.95. The van der Waals surface area contributed by atoms with Crippen molar-refractivity contribution < 1.29 is 24.5 Å². The van der Waals surface area contributed by atoms with Crippen molar-refractivity contribution >= 4 is 33.8 Å². The Morgan fingerprint density at radius 3 is 2.73 bits per heavy atom. The van der Waals surface area contributed by atoms with Crippen LogP contribution in [0.4, 0.5) is 0 Å². The quantitative estimate of drug-likeness (QED) is 0.588. The van der Waals surface area contributed by atoms with E-state index in [9.17, 15) is 19.8 Å². The van der Waals surface area contributed by atoms with Gasteiger partial charge in [-0.05, 0) is 12.1 Å². The van der Waals surface area contributed by atoms with Crippen molar-refractivity contribution in [3.8, 4) is 11.5 Å². The maximum absolute atomic E-state index is 12.6. The van der Waals surface area contributed by atoms with Crippen molar-refractivity contribution in [2.75, 3.05) is 0 Å². The van der Waals surface area contributed by atoms with E-state index in [2.05, 4.69) is 4.98 Å². The minimum absolute atomic E-state index is 0.0295. The molecule has 1 atom stereocenters. The van der Waals surface area contributed by atoms with Gasteiger partial charge in [-0.25, -0.2) is 4.79 Å². The maximum atomic E-state index is 12.6. The first-order chi connectivity index (χ1) is 12.5. The van der Waals surface area contributed by atoms with Gasteiger partial charge in [-0.3, -0.25) is 4.79 Å². The van der Waals surface area contributed by atoms with Crippen molar-refractivity contribution in [3.05, 3.63) is 59.3 Å². The van der Waals surface area contributed by atoms with Crippen LogP contribution >= 0.6 is 0 Å². The molecule has 1 aliphatic heterocycles. The number of aromatic hydroxyl groups is 2. The second kappa shape index (κ2) is 4.98. The fourth-order valence-corrected chi connectivity index (χ4v) is 3.89. The van der Waals surface area contributed by atoms with E-state index < -0.39 is 12.1 Å². The molecule has 0 fully saturated rings. The minimum Gasteiger partial charge on any atom is -0.508 e. The highest BCUT2D eigenvalue weighted by Crippen LogP contribution is 2.47. The van der Waals surface area contributed by atoms with Gasteiger partial charge < -0.3 is 19.9 Å². The first kappa shape index (κ1) is 14.8. The van der Waals surface area contributed by atoms with Crippen molar-refractivity contribution in [2.24, 2.45) is 0 Å². The first-order valence-corrected chi connectivity index (χ1v) is 8.16. The van der Waals surface area contributed by atoms with E-state index in [0.717, 1.165) is 17.0 Å². The van der Waals surface area contributed by atoms with Crippen LogP contribution in [0, 0.1) is 0 Å². The highest BCUT2D eigenvalue weighted by atomic mass is 16.5. The van der Waals surface area contributed by atoms with E-state index in [1.54, 1.807) is 6.20 Å². The highest BCUT2D eigenvalue weighted by Gasteiger charge is 2.43. The van der Waals surface area contributed by atoms with Gasteiger partial charge in [-0.2, -0.15) is 0 Å². The monoisotopic (exact) mass is 347 g/mol. The number of ketones is 1. The number of H-pyrrole nitrogens is 1. The Morgan fingerprint density at radius 1 is 1.08 bits per heavy atom. The molecule has 2 aromatic carbocycles. The number of para-hydroxylation sites is 1. The third kappa shape index (κ3) is 1.86. The maximum Gasteiger partial charge on any atom is 0.339 e. The van der Waals surface area contributed by atoms with Crippen molar-refractivity contribution in [1.82, 2.24) is 4.98 Å². The van der Waals surface area contributed by atoms with Crippen LogP contribution in [0.25, 0.3) is 22.0 Å². The summed E-state index contributed by atoms with van der Waals surface area (Å²) in [6.07, 6.45) is 0.987. The Labute approximate surface area is 147 Å². The molecule has 3 aromatic rings. The molecule has 0 saturated carbocycles. The SMILES string of the molecule is O=C1O[C@H]2CC(=O)c3c(O)cc(O)cc3C2=C1c1c[nH]c2ccccc12. The fraction of sp³-hybridized carbons (Fsp3) is 0.100. The van der Waals surface area contributed by atoms with Crippen LogP contribution < -0.4 is 0 Å². The van der Waals surface area contributed by atoms with E-state index in [1.807, 2.05) is 24.3 Å². The second-order valence-corrected chi connectivity index (χ2v) is 6.45. The summed E-state index contributed by atoms with van der Waals surface area (Å²) >= 11 is 0. The van der Waals surface area contributed by atoms with Gasteiger partial charge in [0.1, 0.15) is 17.6 Å². The number of ether oxygens (including phenoxy) is 1. The Morgan fingerprint density at radius 2 is 1.88 bits per heavy atom. The van der Waals surface area contributed by atoms with Gasteiger partial charge in [0.25, 0.3) is 0 Å². The summed E-state index contributed by atoms with van der Waals surface area (Å²) in [5, 5.41) is 20.9. The van der Waals surface area contributed by atoms with Crippen molar-refractivity contribution in [1.29, 1.82) is 0 Å². The molecule has 0 amide bonds. The van der Waals surface area contributed by atoms with Gasteiger partial charge in [0, 0.05) is 39.9 Å². The number of phenols is 2. The molecule has 6 nitrogen and oxygen atoms in total. The Kier molecular flexibility index (Phi) is 2.83. The van der Waals surface area contributed by atoms with Crippen LogP contribution in [-0.4, -0.2) is 33.1 Å². The summed E-state index contributed by atoms with van der Waals surface area (Å²) < 4.78 is 5.45. The highest BCUT2D eigenvalue weighted by molar-refractivity contribution is 6.32. The third-order valence-corrected chi connectivity index (χ3v) is 4.95. The number of carbonyl (C=O) groups excluding carboxylic acids is 2. The Hall–Kier alpha value is -3.54. The van der Waals surface area contributed by atoms with E-state index >= 15 is 0 Å². The fourth-order valence-electron chi connectivity index (χ4n) is 3.89. The molecule has 1 aliphatic carbocycles. The zero-order valence-electron chi connectivity index (χ0n) is 13.4. The molecule has 128 valence electrons. The van der Waals surface area contributed by atoms with E-state index in [4.69, 9.17) is 4.74 Å². The van der Waals surface area contributed by atoms with Crippen molar-refractivity contribution in [3.63, 3.8) is 0 Å². The molecular weight excluding hydrogens is 334 g/mol. The number of phenolic OH excluding ortho intramolecular Hbond substituents is 2. The molecule has 0 unspecified atom stereocenters. The van der Waals surface area contributed by atoms with Crippen molar-refractivity contribution in [2.45, 2.75) is 12.5 Å². The van der Waals surface area contributed by atoms with Gasteiger partial charge in [0.05, 0.1) is 17.6 Å². The normalized spacial score (nSPS) is 18.8. The topological polar surface area (TPSA) is 99.6 Å². The molecule has 1 aromatic heterocycles. The number of benzene rings is 2. The number of rotatable bonds is 1. The predicted octanol–water partition coefficient (Wildman–Crippen LogP) is 3.00. The Bertz CT molecular complexity index is 1150. The van der Waals surface area contributed by atoms with Crippen LogP contribution in [0.2, 0.25) is 0 Å². The predicted molar refractivity (Wildman–Crippen MR) is 93.7 cm³/mol. The number of nitrogens with one attached hydrogen (secondary N) is 1.